The number of nitrogens with one attached hydrogen (secondary N) is 1. The molecule has 0 aliphatic heterocycles. The smallest absolute Gasteiger partial charge is 0.237 e. The first kappa shape index (κ1) is 11.8. The van der Waals surface area contributed by atoms with E-state index in [0.717, 1.165) is 0 Å². The van der Waals surface area contributed by atoms with Crippen molar-refractivity contribution < 1.29 is 4.79 Å². The van der Waals surface area contributed by atoms with Gasteiger partial charge in [0.25, 0.3) is 0 Å². The third-order valence-electron chi connectivity index (χ3n) is 1.75. The fourth-order valence-corrected chi connectivity index (χ4v) is 2.11. The van der Waals surface area contributed by atoms with Gasteiger partial charge >= 0.3 is 0 Å². The van der Waals surface area contributed by atoms with Crippen molar-refractivity contribution in [2.45, 2.75) is 38.2 Å². The quantitative estimate of drug-likeness (QED) is 0.397. The Morgan fingerprint density at radius 3 is 2.17 bits per heavy atom. The van der Waals surface area contributed by atoms with Crippen molar-refractivity contribution in [3.63, 3.8) is 0 Å². The van der Waals surface area contributed by atoms with Crippen LogP contribution >= 0.6 is 11.8 Å². The lowest BCUT2D eigenvalue weighted by molar-refractivity contribution is -0.124. The Morgan fingerprint density at radius 1 is 1.33 bits per heavy atom. The van der Waals surface area contributed by atoms with Gasteiger partial charge in [0, 0.05) is 11.2 Å². The van der Waals surface area contributed by atoms with E-state index in [9.17, 15) is 4.79 Å². The summed E-state index contributed by atoms with van der Waals surface area (Å²) in [5, 5.41) is 0.863. The fourth-order valence-electron chi connectivity index (χ4n) is 0.892. The van der Waals surface area contributed by atoms with E-state index in [-0.39, 0.29) is 11.8 Å². The van der Waals surface area contributed by atoms with Crippen LogP contribution in [0.25, 0.3) is 0 Å². The normalized spacial score (nSPS) is 15.8. The zero-order chi connectivity index (χ0) is 9.72. The van der Waals surface area contributed by atoms with Crippen molar-refractivity contribution >= 4 is 17.7 Å². The first-order valence-corrected chi connectivity index (χ1v) is 5.09. The summed E-state index contributed by atoms with van der Waals surface area (Å²) in [6.07, 6.45) is 0. The summed E-state index contributed by atoms with van der Waals surface area (Å²) in [4.78, 5) is 11.1. The first-order valence-electron chi connectivity index (χ1n) is 4.15. The van der Waals surface area contributed by atoms with Gasteiger partial charge in [-0.05, 0) is 5.25 Å². The molecule has 12 heavy (non-hydrogen) atoms. The molecule has 0 rings (SSSR count). The monoisotopic (exact) mass is 190 g/mol. The van der Waals surface area contributed by atoms with E-state index in [1.54, 1.807) is 11.8 Å². The highest BCUT2D eigenvalue weighted by Gasteiger charge is 2.20. The Kier molecular flexibility index (Phi) is 5.33. The molecular weight excluding hydrogens is 172 g/mol. The molecule has 3 N–H and O–H groups in total. The Labute approximate surface area is 78.4 Å². The molecule has 0 heterocycles. The highest BCUT2D eigenvalue weighted by Crippen LogP contribution is 2.23. The molecule has 0 saturated heterocycles. The second kappa shape index (κ2) is 5.43. The lowest BCUT2D eigenvalue weighted by Crippen LogP contribution is -2.38. The van der Waals surface area contributed by atoms with Gasteiger partial charge in [-0.3, -0.25) is 10.2 Å². The van der Waals surface area contributed by atoms with E-state index >= 15 is 0 Å². The molecule has 0 saturated carbocycles. The van der Waals surface area contributed by atoms with Crippen LogP contribution in [0.15, 0.2) is 0 Å². The second-order valence-corrected chi connectivity index (χ2v) is 5.15. The van der Waals surface area contributed by atoms with Crippen molar-refractivity contribution in [3.05, 3.63) is 0 Å². The van der Waals surface area contributed by atoms with E-state index in [4.69, 9.17) is 5.84 Å². The van der Waals surface area contributed by atoms with Crippen LogP contribution < -0.4 is 11.3 Å². The number of rotatable bonds is 4. The van der Waals surface area contributed by atoms with Crippen LogP contribution in [0.1, 0.15) is 27.7 Å². The van der Waals surface area contributed by atoms with Gasteiger partial charge in [0.15, 0.2) is 0 Å². The average Bonchev–Trinajstić information content (AvgIpc) is 2.00. The van der Waals surface area contributed by atoms with Crippen molar-refractivity contribution in [3.8, 4) is 0 Å². The van der Waals surface area contributed by atoms with E-state index in [2.05, 4.69) is 19.3 Å². The molecule has 2 unspecified atom stereocenters. The fraction of sp³-hybridized carbons (Fsp3) is 0.875. The van der Waals surface area contributed by atoms with Gasteiger partial charge < -0.3 is 0 Å². The highest BCUT2D eigenvalue weighted by atomic mass is 32.2. The predicted molar refractivity (Wildman–Crippen MR) is 53.7 cm³/mol. The van der Waals surface area contributed by atoms with Crippen LogP contribution in [0.5, 0.6) is 0 Å². The van der Waals surface area contributed by atoms with Crippen molar-refractivity contribution in [1.82, 2.24) is 5.43 Å². The zero-order valence-electron chi connectivity index (χ0n) is 8.13. The van der Waals surface area contributed by atoms with E-state index in [1.807, 2.05) is 13.8 Å². The summed E-state index contributed by atoms with van der Waals surface area (Å²) in [5.41, 5.74) is 2.17. The summed E-state index contributed by atoms with van der Waals surface area (Å²) >= 11 is 1.79. The number of carbonyl (C=O) groups is 1. The molecule has 0 spiro atoms. The van der Waals surface area contributed by atoms with Crippen LogP contribution in [-0.2, 0) is 4.79 Å². The second-order valence-electron chi connectivity index (χ2n) is 3.19. The number of carbonyl (C=O) groups excluding carboxylic acids is 1. The molecule has 0 bridgehead atoms. The summed E-state index contributed by atoms with van der Waals surface area (Å²) in [5.74, 6) is 4.92. The van der Waals surface area contributed by atoms with Crippen molar-refractivity contribution in [2.75, 3.05) is 0 Å². The molecule has 0 aliphatic rings. The summed E-state index contributed by atoms with van der Waals surface area (Å²) < 4.78 is 0. The molecule has 0 aromatic rings. The van der Waals surface area contributed by atoms with Gasteiger partial charge in [-0.1, -0.05) is 27.7 Å². The standard InChI is InChI=1S/C8H18N2OS/c1-5(2)12-7(4)6(3)8(11)10-9/h5-7H,9H2,1-4H3,(H,10,11). The van der Waals surface area contributed by atoms with E-state index in [1.165, 1.54) is 0 Å². The number of hydrazine groups is 1. The number of thioether (sulfide) groups is 1. The van der Waals surface area contributed by atoms with Crippen LogP contribution in [0.3, 0.4) is 0 Å². The van der Waals surface area contributed by atoms with Crippen molar-refractivity contribution in [1.29, 1.82) is 0 Å². The Morgan fingerprint density at radius 2 is 1.83 bits per heavy atom. The minimum atomic E-state index is -0.0874. The molecule has 4 heteroatoms. The molecule has 2 atom stereocenters. The lowest BCUT2D eigenvalue weighted by atomic mass is 10.1. The average molecular weight is 190 g/mol. The molecule has 0 aromatic heterocycles. The number of nitrogens with two attached hydrogens (primary N) is 1. The highest BCUT2D eigenvalue weighted by molar-refractivity contribution is 8.00. The van der Waals surface area contributed by atoms with Gasteiger partial charge in [0.1, 0.15) is 0 Å². The minimum Gasteiger partial charge on any atom is -0.294 e. The van der Waals surface area contributed by atoms with Gasteiger partial charge in [-0.2, -0.15) is 11.8 Å². The Hall–Kier alpha value is -0.220. The molecule has 0 fully saturated rings. The van der Waals surface area contributed by atoms with Gasteiger partial charge in [-0.15, -0.1) is 0 Å². The molecule has 0 aromatic carbocycles. The van der Waals surface area contributed by atoms with Gasteiger partial charge in [0.05, 0.1) is 0 Å². The largest absolute Gasteiger partial charge is 0.294 e. The predicted octanol–water partition coefficient (Wildman–Crippen LogP) is 1.14. The molecular formula is C8H18N2OS. The lowest BCUT2D eigenvalue weighted by Gasteiger charge is -2.19. The summed E-state index contributed by atoms with van der Waals surface area (Å²) in [6.45, 7) is 8.18. The van der Waals surface area contributed by atoms with E-state index < -0.39 is 0 Å². The third-order valence-corrected chi connectivity index (χ3v) is 3.13. The molecule has 0 aliphatic carbocycles. The third kappa shape index (κ3) is 3.97. The minimum absolute atomic E-state index is 0.0256. The molecule has 3 nitrogen and oxygen atoms in total. The molecule has 0 radical (unpaired) electrons. The van der Waals surface area contributed by atoms with Crippen LogP contribution in [-0.4, -0.2) is 16.4 Å². The maximum absolute atomic E-state index is 11.1. The zero-order valence-corrected chi connectivity index (χ0v) is 8.94. The number of hydrogen-bond acceptors (Lipinski definition) is 3. The maximum atomic E-state index is 11.1. The Bertz CT molecular complexity index is 150. The van der Waals surface area contributed by atoms with Crippen LogP contribution in [0.4, 0.5) is 0 Å². The summed E-state index contributed by atoms with van der Waals surface area (Å²) in [6, 6.07) is 0. The maximum Gasteiger partial charge on any atom is 0.237 e. The summed E-state index contributed by atoms with van der Waals surface area (Å²) in [7, 11) is 0. The SMILES string of the molecule is CC(C)SC(C)C(C)C(=O)NN. The molecule has 1 amide bonds. The van der Waals surface area contributed by atoms with Gasteiger partial charge in [0.2, 0.25) is 5.91 Å². The van der Waals surface area contributed by atoms with Crippen LogP contribution in [0, 0.1) is 5.92 Å². The number of amides is 1. The topological polar surface area (TPSA) is 55.1 Å². The first-order chi connectivity index (χ1) is 5.49. The van der Waals surface area contributed by atoms with Crippen molar-refractivity contribution in [2.24, 2.45) is 11.8 Å². The van der Waals surface area contributed by atoms with Gasteiger partial charge in [-0.25, -0.2) is 5.84 Å². The van der Waals surface area contributed by atoms with Crippen LogP contribution in [0.2, 0.25) is 0 Å². The Balaban J connectivity index is 3.91. The number of hydrogen-bond donors (Lipinski definition) is 2. The molecule has 72 valence electrons. The van der Waals surface area contributed by atoms with E-state index in [0.29, 0.717) is 10.5 Å².